The number of benzene rings is 1. The Morgan fingerprint density at radius 3 is 2.47 bits per heavy atom. The highest BCUT2D eigenvalue weighted by atomic mass is 79.9. The molecule has 0 atom stereocenters. The van der Waals surface area contributed by atoms with E-state index in [9.17, 15) is 4.79 Å². The second-order valence-corrected chi connectivity index (χ2v) is 3.89. The summed E-state index contributed by atoms with van der Waals surface area (Å²) in [7, 11) is 0. The summed E-state index contributed by atoms with van der Waals surface area (Å²) in [6.07, 6.45) is 1.38. The van der Waals surface area contributed by atoms with Gasteiger partial charge in [-0.3, -0.25) is 0 Å². The lowest BCUT2D eigenvalue weighted by molar-refractivity contribution is 0.0663. The number of hydrogen-bond donors (Lipinski definition) is 1. The van der Waals surface area contributed by atoms with Gasteiger partial charge in [0.15, 0.2) is 0 Å². The van der Waals surface area contributed by atoms with Crippen molar-refractivity contribution in [3.05, 3.63) is 46.8 Å². The lowest BCUT2D eigenvalue weighted by atomic mass is 10.1. The van der Waals surface area contributed by atoms with Crippen molar-refractivity contribution in [1.29, 1.82) is 0 Å². The Bertz CT molecular complexity index is 485. The van der Waals surface area contributed by atoms with Crippen LogP contribution in [-0.4, -0.2) is 11.1 Å². The van der Waals surface area contributed by atoms with E-state index in [2.05, 4.69) is 15.9 Å². The van der Waals surface area contributed by atoms with E-state index in [1.165, 1.54) is 6.26 Å². The Balaban J connectivity index is 2.49. The maximum absolute atomic E-state index is 10.8. The molecule has 1 aromatic carbocycles. The standard InChI is InChI=1S/C11H7BrO3/c12-8-3-1-7(2-4-8)9-5-6-15-10(9)11(13)14/h1-6H,(H,13,14). The van der Waals surface area contributed by atoms with Gasteiger partial charge in [-0.05, 0) is 23.8 Å². The quantitative estimate of drug-likeness (QED) is 0.907. The van der Waals surface area contributed by atoms with Gasteiger partial charge in [0.1, 0.15) is 0 Å². The van der Waals surface area contributed by atoms with Crippen LogP contribution >= 0.6 is 15.9 Å². The van der Waals surface area contributed by atoms with E-state index in [4.69, 9.17) is 9.52 Å². The number of carboxylic acid groups (broad SMARTS) is 1. The molecule has 0 saturated carbocycles. The number of halogens is 1. The van der Waals surface area contributed by atoms with Gasteiger partial charge in [-0.1, -0.05) is 28.1 Å². The monoisotopic (exact) mass is 266 g/mol. The summed E-state index contributed by atoms with van der Waals surface area (Å²) < 4.78 is 5.85. The molecule has 76 valence electrons. The first kappa shape index (κ1) is 9.98. The average molecular weight is 267 g/mol. The van der Waals surface area contributed by atoms with Crippen LogP contribution in [0.3, 0.4) is 0 Å². The number of carboxylic acids is 1. The molecular weight excluding hydrogens is 260 g/mol. The third kappa shape index (κ3) is 1.94. The minimum Gasteiger partial charge on any atom is -0.475 e. The van der Waals surface area contributed by atoms with Crippen LogP contribution in [0.1, 0.15) is 10.6 Å². The molecule has 2 aromatic rings. The molecule has 2 rings (SSSR count). The van der Waals surface area contributed by atoms with Crippen LogP contribution in [0.15, 0.2) is 45.5 Å². The molecular formula is C11H7BrO3. The van der Waals surface area contributed by atoms with E-state index >= 15 is 0 Å². The Labute approximate surface area is 94.5 Å². The first-order chi connectivity index (χ1) is 7.18. The number of hydrogen-bond acceptors (Lipinski definition) is 2. The van der Waals surface area contributed by atoms with Gasteiger partial charge in [0.2, 0.25) is 5.76 Å². The Hall–Kier alpha value is -1.55. The minimum absolute atomic E-state index is 0.0303. The molecule has 0 aliphatic rings. The zero-order valence-electron chi connectivity index (χ0n) is 7.61. The first-order valence-electron chi connectivity index (χ1n) is 4.25. The summed E-state index contributed by atoms with van der Waals surface area (Å²) >= 11 is 3.32. The molecule has 1 N–H and O–H groups in total. The molecule has 1 aromatic heterocycles. The molecule has 0 amide bonds. The van der Waals surface area contributed by atoms with Gasteiger partial charge in [0.25, 0.3) is 0 Å². The normalized spacial score (nSPS) is 10.2. The summed E-state index contributed by atoms with van der Waals surface area (Å²) in [5.41, 5.74) is 1.42. The molecule has 0 unspecified atom stereocenters. The third-order valence-electron chi connectivity index (χ3n) is 2.01. The van der Waals surface area contributed by atoms with E-state index < -0.39 is 5.97 Å². The van der Waals surface area contributed by atoms with Gasteiger partial charge in [-0.25, -0.2) is 4.79 Å². The van der Waals surface area contributed by atoms with Crippen LogP contribution in [-0.2, 0) is 0 Å². The van der Waals surface area contributed by atoms with Crippen LogP contribution in [0.5, 0.6) is 0 Å². The fourth-order valence-electron chi connectivity index (χ4n) is 1.33. The average Bonchev–Trinajstić information content (AvgIpc) is 2.67. The van der Waals surface area contributed by atoms with Crippen LogP contribution in [0, 0.1) is 0 Å². The SMILES string of the molecule is O=C(O)c1occc1-c1ccc(Br)cc1. The zero-order valence-corrected chi connectivity index (χ0v) is 9.19. The maximum atomic E-state index is 10.8. The van der Waals surface area contributed by atoms with Crippen LogP contribution in [0.2, 0.25) is 0 Å². The van der Waals surface area contributed by atoms with Gasteiger partial charge in [0.05, 0.1) is 6.26 Å². The lowest BCUT2D eigenvalue weighted by Crippen LogP contribution is -1.95. The fourth-order valence-corrected chi connectivity index (χ4v) is 1.60. The topological polar surface area (TPSA) is 50.4 Å². The van der Waals surface area contributed by atoms with Gasteiger partial charge in [0, 0.05) is 10.0 Å². The van der Waals surface area contributed by atoms with Crippen LogP contribution in [0.25, 0.3) is 11.1 Å². The molecule has 0 aliphatic carbocycles. The molecule has 0 spiro atoms. The maximum Gasteiger partial charge on any atom is 0.372 e. The lowest BCUT2D eigenvalue weighted by Gasteiger charge is -1.99. The Kier molecular flexibility index (Phi) is 2.60. The third-order valence-corrected chi connectivity index (χ3v) is 2.54. The first-order valence-corrected chi connectivity index (χ1v) is 5.04. The van der Waals surface area contributed by atoms with Crippen molar-refractivity contribution in [3.8, 4) is 11.1 Å². The second-order valence-electron chi connectivity index (χ2n) is 2.98. The Morgan fingerprint density at radius 1 is 1.20 bits per heavy atom. The second kappa shape index (κ2) is 3.90. The van der Waals surface area contributed by atoms with E-state index in [0.717, 1.165) is 10.0 Å². The molecule has 1 heterocycles. The largest absolute Gasteiger partial charge is 0.475 e. The zero-order chi connectivity index (χ0) is 10.8. The Morgan fingerprint density at radius 2 is 1.87 bits per heavy atom. The van der Waals surface area contributed by atoms with Crippen molar-refractivity contribution >= 4 is 21.9 Å². The van der Waals surface area contributed by atoms with Crippen LogP contribution < -0.4 is 0 Å². The van der Waals surface area contributed by atoms with Crippen molar-refractivity contribution in [2.75, 3.05) is 0 Å². The van der Waals surface area contributed by atoms with E-state index in [-0.39, 0.29) is 5.76 Å². The molecule has 0 saturated heterocycles. The van der Waals surface area contributed by atoms with Gasteiger partial charge < -0.3 is 9.52 Å². The van der Waals surface area contributed by atoms with Crippen molar-refractivity contribution in [2.45, 2.75) is 0 Å². The molecule has 15 heavy (non-hydrogen) atoms. The highest BCUT2D eigenvalue weighted by Gasteiger charge is 2.14. The fraction of sp³-hybridized carbons (Fsp3) is 0. The molecule has 0 radical (unpaired) electrons. The van der Waals surface area contributed by atoms with Crippen molar-refractivity contribution in [2.24, 2.45) is 0 Å². The molecule has 3 nitrogen and oxygen atoms in total. The summed E-state index contributed by atoms with van der Waals surface area (Å²) in [6.45, 7) is 0. The molecule has 0 aliphatic heterocycles. The summed E-state index contributed by atoms with van der Waals surface area (Å²) in [6, 6.07) is 9.03. The van der Waals surface area contributed by atoms with Gasteiger partial charge in [-0.15, -0.1) is 0 Å². The number of aromatic carboxylic acids is 1. The summed E-state index contributed by atoms with van der Waals surface area (Å²) in [5.74, 6) is -1.09. The number of rotatable bonds is 2. The van der Waals surface area contributed by atoms with Crippen molar-refractivity contribution < 1.29 is 14.3 Å². The molecule has 4 heteroatoms. The predicted molar refractivity (Wildman–Crippen MR) is 58.8 cm³/mol. The van der Waals surface area contributed by atoms with E-state index in [0.29, 0.717) is 5.56 Å². The predicted octanol–water partition coefficient (Wildman–Crippen LogP) is 3.41. The van der Waals surface area contributed by atoms with Crippen molar-refractivity contribution in [1.82, 2.24) is 0 Å². The summed E-state index contributed by atoms with van der Waals surface area (Å²) in [4.78, 5) is 10.8. The highest BCUT2D eigenvalue weighted by Crippen LogP contribution is 2.26. The van der Waals surface area contributed by atoms with Gasteiger partial charge >= 0.3 is 5.97 Å². The minimum atomic E-state index is -1.06. The number of carbonyl (C=O) groups is 1. The smallest absolute Gasteiger partial charge is 0.372 e. The molecule has 0 fully saturated rings. The summed E-state index contributed by atoms with van der Waals surface area (Å²) in [5, 5.41) is 8.87. The highest BCUT2D eigenvalue weighted by molar-refractivity contribution is 9.10. The van der Waals surface area contributed by atoms with E-state index in [1.807, 2.05) is 24.3 Å². The number of furan rings is 1. The van der Waals surface area contributed by atoms with Crippen molar-refractivity contribution in [3.63, 3.8) is 0 Å². The van der Waals surface area contributed by atoms with Gasteiger partial charge in [-0.2, -0.15) is 0 Å². The molecule has 0 bridgehead atoms. The van der Waals surface area contributed by atoms with Crippen LogP contribution in [0.4, 0.5) is 0 Å². The van der Waals surface area contributed by atoms with E-state index in [1.54, 1.807) is 6.07 Å².